The van der Waals surface area contributed by atoms with E-state index >= 15 is 0 Å². The van der Waals surface area contributed by atoms with Gasteiger partial charge in [0.2, 0.25) is 0 Å². The summed E-state index contributed by atoms with van der Waals surface area (Å²) in [4.78, 5) is 6.54. The fraction of sp³-hybridized carbons (Fsp3) is 0.571. The summed E-state index contributed by atoms with van der Waals surface area (Å²) in [5.74, 6) is 1.60. The summed E-state index contributed by atoms with van der Waals surface area (Å²) in [7, 11) is 1.86. The molecule has 10 heteroatoms. The maximum atomic E-state index is 12.8. The van der Waals surface area contributed by atoms with E-state index in [0.717, 1.165) is 36.4 Å². The molecule has 0 saturated heterocycles. The first kappa shape index (κ1) is 24.6. The van der Waals surface area contributed by atoms with Gasteiger partial charge >= 0.3 is 6.18 Å². The van der Waals surface area contributed by atoms with E-state index in [2.05, 4.69) is 20.5 Å². The molecular formula is C21H31F3N6O. The minimum atomic E-state index is -4.33. The highest BCUT2D eigenvalue weighted by Crippen LogP contribution is 2.29. The van der Waals surface area contributed by atoms with Crippen molar-refractivity contribution in [3.8, 4) is 0 Å². The fourth-order valence-corrected chi connectivity index (χ4v) is 2.98. The molecule has 1 aromatic carbocycles. The summed E-state index contributed by atoms with van der Waals surface area (Å²) in [6, 6.07) is 5.20. The van der Waals surface area contributed by atoms with Gasteiger partial charge in [-0.05, 0) is 31.0 Å². The summed E-state index contributed by atoms with van der Waals surface area (Å²) >= 11 is 0. The van der Waals surface area contributed by atoms with Crippen LogP contribution in [0.1, 0.15) is 37.2 Å². The molecular weight excluding hydrogens is 409 g/mol. The lowest BCUT2D eigenvalue weighted by molar-refractivity contribution is -0.137. The van der Waals surface area contributed by atoms with E-state index < -0.39 is 11.7 Å². The molecule has 0 fully saturated rings. The predicted octanol–water partition coefficient (Wildman–Crippen LogP) is 3.36. The molecule has 0 aliphatic heterocycles. The molecule has 0 saturated carbocycles. The van der Waals surface area contributed by atoms with Gasteiger partial charge in [0.25, 0.3) is 0 Å². The largest absolute Gasteiger partial charge is 0.416 e. The van der Waals surface area contributed by atoms with E-state index in [4.69, 9.17) is 4.74 Å². The second kappa shape index (κ2) is 12.3. The highest BCUT2D eigenvalue weighted by atomic mass is 19.4. The minimum Gasteiger partial charge on any atom is -0.382 e. The number of aryl methyl sites for hydroxylation is 1. The van der Waals surface area contributed by atoms with E-state index in [0.29, 0.717) is 45.4 Å². The third kappa shape index (κ3) is 8.20. The summed E-state index contributed by atoms with van der Waals surface area (Å²) < 4.78 is 45.7. The Labute approximate surface area is 181 Å². The van der Waals surface area contributed by atoms with Crippen LogP contribution in [0.25, 0.3) is 0 Å². The quantitative estimate of drug-likeness (QED) is 0.330. The molecule has 2 aromatic rings. The van der Waals surface area contributed by atoms with Gasteiger partial charge in [-0.2, -0.15) is 13.2 Å². The van der Waals surface area contributed by atoms with Crippen molar-refractivity contribution < 1.29 is 17.9 Å². The van der Waals surface area contributed by atoms with Gasteiger partial charge in [-0.15, -0.1) is 10.2 Å². The number of aromatic nitrogens is 3. The topological polar surface area (TPSA) is 67.6 Å². The highest BCUT2D eigenvalue weighted by Gasteiger charge is 2.29. The van der Waals surface area contributed by atoms with Gasteiger partial charge in [0.05, 0.1) is 5.56 Å². The first-order chi connectivity index (χ1) is 14.8. The molecule has 0 bridgehead atoms. The molecule has 7 nitrogen and oxygen atoms in total. The number of hydrogen-bond acceptors (Lipinski definition) is 4. The Morgan fingerprint density at radius 3 is 2.61 bits per heavy atom. The van der Waals surface area contributed by atoms with Crippen LogP contribution in [0.2, 0.25) is 0 Å². The Morgan fingerprint density at radius 2 is 1.97 bits per heavy atom. The lowest BCUT2D eigenvalue weighted by atomic mass is 10.1. The zero-order chi connectivity index (χ0) is 22.7. The average molecular weight is 441 g/mol. The Bertz CT molecular complexity index is 804. The molecule has 2 rings (SSSR count). The molecule has 1 aromatic heterocycles. The number of nitrogens with zero attached hydrogens (tertiary/aromatic N) is 5. The average Bonchev–Trinajstić information content (AvgIpc) is 3.19. The van der Waals surface area contributed by atoms with Crippen LogP contribution < -0.4 is 5.32 Å². The molecule has 0 aliphatic carbocycles. The van der Waals surface area contributed by atoms with Gasteiger partial charge < -0.3 is 19.5 Å². The zero-order valence-corrected chi connectivity index (χ0v) is 18.3. The Morgan fingerprint density at radius 1 is 1.23 bits per heavy atom. The van der Waals surface area contributed by atoms with Crippen LogP contribution in [0.3, 0.4) is 0 Å². The highest BCUT2D eigenvalue weighted by molar-refractivity contribution is 5.79. The summed E-state index contributed by atoms with van der Waals surface area (Å²) in [6.07, 6.45) is -1.05. The number of ether oxygens (including phenoxy) is 1. The van der Waals surface area contributed by atoms with Crippen molar-refractivity contribution in [2.75, 3.05) is 33.4 Å². The number of guanidine groups is 1. The van der Waals surface area contributed by atoms with Crippen molar-refractivity contribution in [1.29, 1.82) is 0 Å². The molecule has 1 heterocycles. The van der Waals surface area contributed by atoms with E-state index in [-0.39, 0.29) is 0 Å². The van der Waals surface area contributed by atoms with Gasteiger partial charge in [-0.25, -0.2) is 0 Å². The smallest absolute Gasteiger partial charge is 0.382 e. The molecule has 0 atom stereocenters. The fourth-order valence-electron chi connectivity index (χ4n) is 2.98. The van der Waals surface area contributed by atoms with Crippen LogP contribution in [0.5, 0.6) is 0 Å². The molecule has 31 heavy (non-hydrogen) atoms. The predicted molar refractivity (Wildman–Crippen MR) is 114 cm³/mol. The monoisotopic (exact) mass is 440 g/mol. The number of halogens is 3. The maximum absolute atomic E-state index is 12.8. The molecule has 0 amide bonds. The second-order valence-electron chi connectivity index (χ2n) is 7.03. The summed E-state index contributed by atoms with van der Waals surface area (Å²) in [5, 5.41) is 11.3. The van der Waals surface area contributed by atoms with Gasteiger partial charge in [0.1, 0.15) is 12.2 Å². The normalized spacial score (nSPS) is 12.3. The minimum absolute atomic E-state index is 0.433. The first-order valence-corrected chi connectivity index (χ1v) is 10.4. The number of aliphatic imine (C=N–C) groups is 1. The van der Waals surface area contributed by atoms with Crippen LogP contribution in [0, 0.1) is 0 Å². The second-order valence-corrected chi connectivity index (χ2v) is 7.03. The SMILES string of the molecule is CCOCCCN=C(NCCn1cnnc1CC)N(C)Cc1ccc(C(F)(F)F)cc1. The van der Waals surface area contributed by atoms with E-state index in [1.165, 1.54) is 12.1 Å². The van der Waals surface area contributed by atoms with Crippen molar-refractivity contribution in [1.82, 2.24) is 25.0 Å². The van der Waals surface area contributed by atoms with Gasteiger partial charge in [-0.1, -0.05) is 19.1 Å². The van der Waals surface area contributed by atoms with Crippen LogP contribution in [-0.2, 0) is 30.4 Å². The Kier molecular flexibility index (Phi) is 9.77. The Hall–Kier alpha value is -2.62. The van der Waals surface area contributed by atoms with Crippen LogP contribution in [0.4, 0.5) is 13.2 Å². The zero-order valence-electron chi connectivity index (χ0n) is 18.3. The molecule has 0 radical (unpaired) electrons. The first-order valence-electron chi connectivity index (χ1n) is 10.4. The van der Waals surface area contributed by atoms with Crippen molar-refractivity contribution >= 4 is 5.96 Å². The number of alkyl halides is 3. The summed E-state index contributed by atoms with van der Waals surface area (Å²) in [5.41, 5.74) is 0.119. The standard InChI is InChI=1S/C21H31F3N6O/c1-4-19-28-27-16-30(19)13-12-26-20(25-11-6-14-31-5-2)29(3)15-17-7-9-18(10-8-17)21(22,23)24/h7-10,16H,4-6,11-15H2,1-3H3,(H,25,26). The third-order valence-electron chi connectivity index (χ3n) is 4.62. The molecule has 0 unspecified atom stereocenters. The van der Waals surface area contributed by atoms with Crippen LogP contribution in [-0.4, -0.2) is 59.0 Å². The lowest BCUT2D eigenvalue weighted by Crippen LogP contribution is -2.40. The number of nitrogens with one attached hydrogen (secondary N) is 1. The van der Waals surface area contributed by atoms with Crippen molar-refractivity contribution in [2.24, 2.45) is 4.99 Å². The third-order valence-corrected chi connectivity index (χ3v) is 4.62. The van der Waals surface area contributed by atoms with E-state index in [9.17, 15) is 13.2 Å². The van der Waals surface area contributed by atoms with Crippen molar-refractivity contribution in [2.45, 2.75) is 46.0 Å². The molecule has 172 valence electrons. The van der Waals surface area contributed by atoms with Gasteiger partial charge in [0, 0.05) is 52.9 Å². The van der Waals surface area contributed by atoms with Gasteiger partial charge in [0.15, 0.2) is 5.96 Å². The number of benzene rings is 1. The van der Waals surface area contributed by atoms with Gasteiger partial charge in [-0.3, -0.25) is 4.99 Å². The molecule has 0 spiro atoms. The van der Waals surface area contributed by atoms with Crippen molar-refractivity contribution in [3.05, 3.63) is 47.5 Å². The maximum Gasteiger partial charge on any atom is 0.416 e. The molecule has 0 aliphatic rings. The summed E-state index contributed by atoms with van der Waals surface area (Å²) in [6.45, 7) is 7.60. The number of hydrogen-bond donors (Lipinski definition) is 1. The van der Waals surface area contributed by atoms with Crippen LogP contribution >= 0.6 is 0 Å². The molecule has 1 N–H and O–H groups in total. The number of rotatable bonds is 11. The van der Waals surface area contributed by atoms with E-state index in [1.54, 1.807) is 6.33 Å². The van der Waals surface area contributed by atoms with E-state index in [1.807, 2.05) is 30.4 Å². The van der Waals surface area contributed by atoms with Crippen molar-refractivity contribution in [3.63, 3.8) is 0 Å². The lowest BCUT2D eigenvalue weighted by Gasteiger charge is -2.23. The van der Waals surface area contributed by atoms with Crippen LogP contribution in [0.15, 0.2) is 35.6 Å². The Balaban J connectivity index is 1.99.